The molecule has 202 valence electrons. The molecule has 0 N–H and O–H groups in total. The Morgan fingerprint density at radius 1 is 0.442 bits per heavy atom. The topological polar surface area (TPSA) is 23.0 Å². The molecule has 3 heterocycles. The number of hydrogen-bond donors (Lipinski definition) is 0. The summed E-state index contributed by atoms with van der Waals surface area (Å²) in [6.45, 7) is 8.59. The summed E-state index contributed by atoms with van der Waals surface area (Å²) >= 11 is 0. The Labute approximate surface area is 247 Å². The second kappa shape index (κ2) is 8.85. The molecule has 6 aromatic carbocycles. The van der Waals surface area contributed by atoms with E-state index < -0.39 is 0 Å². The van der Waals surface area contributed by atoms with Crippen LogP contribution in [-0.2, 0) is 0 Å². The van der Waals surface area contributed by atoms with Crippen LogP contribution in [0.5, 0.6) is 0 Å². The molecule has 0 saturated heterocycles. The fourth-order valence-corrected chi connectivity index (χ4v) is 7.16. The van der Waals surface area contributed by atoms with Crippen LogP contribution in [0.25, 0.3) is 89.1 Å². The Balaban J connectivity index is 1.55. The fourth-order valence-electron chi connectivity index (χ4n) is 7.16. The molecule has 0 saturated carbocycles. The summed E-state index contributed by atoms with van der Waals surface area (Å²) in [6, 6.07) is 42.7. The van der Waals surface area contributed by atoms with Gasteiger partial charge in [0, 0.05) is 38.5 Å². The van der Waals surface area contributed by atoms with Crippen LogP contribution in [0, 0.1) is 0 Å². The van der Waals surface area contributed by atoms with Crippen molar-refractivity contribution >= 4 is 77.7 Å². The van der Waals surface area contributed by atoms with E-state index in [9.17, 15) is 0 Å². The molecule has 0 atom stereocenters. The van der Waals surface area contributed by atoms with Crippen LogP contribution in [0.3, 0.4) is 0 Å². The summed E-state index contributed by atoms with van der Waals surface area (Å²) in [6.07, 6.45) is 3.92. The Hall–Kier alpha value is -5.80. The van der Waals surface area contributed by atoms with E-state index in [0.29, 0.717) is 0 Å². The third kappa shape index (κ3) is 3.08. The van der Waals surface area contributed by atoms with Gasteiger partial charge in [0.15, 0.2) is 0 Å². The summed E-state index contributed by atoms with van der Waals surface area (Å²) in [5, 5.41) is 6.66. The number of furan rings is 1. The molecule has 3 aromatic heterocycles. The lowest BCUT2D eigenvalue weighted by Gasteiger charge is -2.12. The van der Waals surface area contributed by atoms with Gasteiger partial charge in [0.25, 0.3) is 0 Å². The Morgan fingerprint density at radius 3 is 1.65 bits per heavy atom. The highest BCUT2D eigenvalue weighted by molar-refractivity contribution is 6.31. The quantitative estimate of drug-likeness (QED) is 0.214. The summed E-state index contributed by atoms with van der Waals surface area (Å²) in [5.41, 5.74) is 10.5. The molecule has 3 heteroatoms. The van der Waals surface area contributed by atoms with E-state index in [2.05, 4.69) is 144 Å². The van der Waals surface area contributed by atoms with Gasteiger partial charge in [0.2, 0.25) is 0 Å². The number of aromatic nitrogens is 2. The van der Waals surface area contributed by atoms with E-state index in [1.807, 2.05) is 12.2 Å². The maximum Gasteiger partial charge on any atom is 0.146 e. The molecule has 0 aliphatic rings. The molecule has 0 amide bonds. The molecule has 9 aromatic rings. The van der Waals surface area contributed by atoms with Crippen LogP contribution in [-0.4, -0.2) is 9.13 Å². The zero-order valence-corrected chi connectivity index (χ0v) is 23.4. The van der Waals surface area contributed by atoms with Crippen molar-refractivity contribution in [2.45, 2.75) is 0 Å². The van der Waals surface area contributed by atoms with E-state index in [0.717, 1.165) is 88.1 Å². The minimum Gasteiger partial charge on any atom is -0.455 e. The molecule has 0 spiro atoms. The lowest BCUT2D eigenvalue weighted by atomic mass is 9.96. The average Bonchev–Trinajstić information content (AvgIpc) is 3.72. The van der Waals surface area contributed by atoms with Crippen molar-refractivity contribution in [2.75, 3.05) is 0 Å². The van der Waals surface area contributed by atoms with Crippen LogP contribution in [0.4, 0.5) is 0 Å². The Morgan fingerprint density at radius 2 is 1.00 bits per heavy atom. The summed E-state index contributed by atoms with van der Waals surface area (Å²) in [5.74, 6) is 0. The van der Waals surface area contributed by atoms with Gasteiger partial charge < -0.3 is 13.6 Å². The Bertz CT molecular complexity index is 2580. The van der Waals surface area contributed by atoms with Crippen LogP contribution in [0.2, 0.25) is 0 Å². The monoisotopic (exact) mass is 550 g/mol. The molecule has 3 nitrogen and oxygen atoms in total. The second-order valence-corrected chi connectivity index (χ2v) is 11.0. The number of fused-ring (bicyclic) bond motifs is 11. The van der Waals surface area contributed by atoms with Crippen molar-refractivity contribution in [1.82, 2.24) is 9.13 Å². The SMILES string of the molecule is C=Cc1c(C=C)c2c(c3ccccc3n2-c2ccccc2)c2oc3c(ccc4c3c3ccccc3n4-c3ccccc3)c12. The molecule has 0 unspecified atom stereocenters. The fraction of sp³-hybridized carbons (Fsp3) is 0. The van der Waals surface area contributed by atoms with E-state index in [1.165, 1.54) is 0 Å². The van der Waals surface area contributed by atoms with Crippen LogP contribution in [0.15, 0.2) is 139 Å². The van der Waals surface area contributed by atoms with Gasteiger partial charge >= 0.3 is 0 Å². The minimum atomic E-state index is 0.875. The lowest BCUT2D eigenvalue weighted by molar-refractivity contribution is 0.677. The van der Waals surface area contributed by atoms with Gasteiger partial charge in [0.05, 0.1) is 32.8 Å². The zero-order valence-electron chi connectivity index (χ0n) is 23.4. The average molecular weight is 551 g/mol. The summed E-state index contributed by atoms with van der Waals surface area (Å²) < 4.78 is 11.8. The number of para-hydroxylation sites is 4. The highest BCUT2D eigenvalue weighted by Crippen LogP contribution is 2.48. The first-order valence-electron chi connectivity index (χ1n) is 14.5. The summed E-state index contributed by atoms with van der Waals surface area (Å²) in [7, 11) is 0. The van der Waals surface area contributed by atoms with Gasteiger partial charge in [-0.05, 0) is 54.1 Å². The van der Waals surface area contributed by atoms with E-state index in [1.54, 1.807) is 0 Å². The number of rotatable bonds is 4. The highest BCUT2D eigenvalue weighted by atomic mass is 16.3. The molecule has 9 rings (SSSR count). The van der Waals surface area contributed by atoms with Crippen molar-refractivity contribution in [3.05, 3.63) is 146 Å². The van der Waals surface area contributed by atoms with Crippen LogP contribution < -0.4 is 0 Å². The largest absolute Gasteiger partial charge is 0.455 e. The van der Waals surface area contributed by atoms with Gasteiger partial charge in [-0.15, -0.1) is 0 Å². The van der Waals surface area contributed by atoms with Crippen molar-refractivity contribution in [3.8, 4) is 11.4 Å². The van der Waals surface area contributed by atoms with Crippen molar-refractivity contribution in [2.24, 2.45) is 0 Å². The van der Waals surface area contributed by atoms with E-state index in [-0.39, 0.29) is 0 Å². The van der Waals surface area contributed by atoms with E-state index >= 15 is 0 Å². The standard InChI is InChI=1S/C40H26N2O/c1-3-27-28(4-2)38-37(30-20-12-14-22-33(30)42(38)26-17-9-6-10-18-26)40-35(27)31-23-24-34-36(39(31)43-40)29-19-11-13-21-32(29)41(34)25-15-7-5-8-16-25/h3-24H,1-2H2. The van der Waals surface area contributed by atoms with Crippen LogP contribution >= 0.6 is 0 Å². The number of nitrogens with zero attached hydrogens (tertiary/aromatic N) is 2. The number of hydrogen-bond acceptors (Lipinski definition) is 1. The molecule has 0 aliphatic heterocycles. The zero-order chi connectivity index (χ0) is 28.7. The van der Waals surface area contributed by atoms with Gasteiger partial charge in [-0.2, -0.15) is 0 Å². The predicted octanol–water partition coefficient (Wildman–Crippen LogP) is 11.1. The molecular weight excluding hydrogens is 524 g/mol. The minimum absolute atomic E-state index is 0.875. The Kier molecular flexibility index (Phi) is 4.91. The molecule has 0 bridgehead atoms. The van der Waals surface area contributed by atoms with Crippen molar-refractivity contribution in [1.29, 1.82) is 0 Å². The van der Waals surface area contributed by atoms with Crippen molar-refractivity contribution < 1.29 is 4.42 Å². The smallest absolute Gasteiger partial charge is 0.146 e. The maximum absolute atomic E-state index is 7.13. The van der Waals surface area contributed by atoms with Gasteiger partial charge in [-0.1, -0.05) is 98.1 Å². The molecule has 43 heavy (non-hydrogen) atoms. The van der Waals surface area contributed by atoms with Gasteiger partial charge in [-0.3, -0.25) is 0 Å². The van der Waals surface area contributed by atoms with Crippen LogP contribution in [0.1, 0.15) is 11.1 Å². The molecule has 0 fully saturated rings. The van der Waals surface area contributed by atoms with Gasteiger partial charge in [-0.25, -0.2) is 0 Å². The van der Waals surface area contributed by atoms with E-state index in [4.69, 9.17) is 4.42 Å². The second-order valence-electron chi connectivity index (χ2n) is 11.0. The first kappa shape index (κ1) is 23.9. The third-order valence-electron chi connectivity index (χ3n) is 8.84. The predicted molar refractivity (Wildman–Crippen MR) is 183 cm³/mol. The first-order chi connectivity index (χ1) is 21.3. The normalized spacial score (nSPS) is 11.9. The molecular formula is C40H26N2O. The third-order valence-corrected chi connectivity index (χ3v) is 8.84. The van der Waals surface area contributed by atoms with Crippen molar-refractivity contribution in [3.63, 3.8) is 0 Å². The highest BCUT2D eigenvalue weighted by Gasteiger charge is 2.26. The first-order valence-corrected chi connectivity index (χ1v) is 14.5. The number of benzene rings is 6. The molecule has 0 radical (unpaired) electrons. The van der Waals surface area contributed by atoms with Gasteiger partial charge in [0.1, 0.15) is 11.2 Å². The summed E-state index contributed by atoms with van der Waals surface area (Å²) in [4.78, 5) is 0. The maximum atomic E-state index is 7.13. The molecule has 0 aliphatic carbocycles. The lowest BCUT2D eigenvalue weighted by Crippen LogP contribution is -1.96.